The lowest BCUT2D eigenvalue weighted by molar-refractivity contribution is -0.128. The maximum Gasteiger partial charge on any atom is 0.257 e. The summed E-state index contributed by atoms with van der Waals surface area (Å²) in [5.41, 5.74) is 1.31. The van der Waals surface area contributed by atoms with Crippen molar-refractivity contribution in [1.29, 1.82) is 0 Å². The number of anilines is 1. The average Bonchev–Trinajstić information content (AvgIpc) is 2.89. The fourth-order valence-corrected chi connectivity index (χ4v) is 4.42. The van der Waals surface area contributed by atoms with Crippen LogP contribution in [-0.4, -0.2) is 22.9 Å². The maximum absolute atomic E-state index is 13.2. The van der Waals surface area contributed by atoms with Crippen molar-refractivity contribution in [3.05, 3.63) is 64.8 Å². The van der Waals surface area contributed by atoms with Gasteiger partial charge in [0.05, 0.1) is 10.6 Å². The number of amides is 2. The molecule has 1 fully saturated rings. The molecule has 2 aromatic carbocycles. The van der Waals surface area contributed by atoms with Crippen LogP contribution in [0.15, 0.2) is 48.7 Å². The molecule has 0 radical (unpaired) electrons. The summed E-state index contributed by atoms with van der Waals surface area (Å²) in [6.45, 7) is 9.88. The van der Waals surface area contributed by atoms with Gasteiger partial charge in [-0.25, -0.2) is 4.98 Å². The van der Waals surface area contributed by atoms with Crippen molar-refractivity contribution < 1.29 is 14.3 Å². The largest absolute Gasteiger partial charge is 0.474 e. The van der Waals surface area contributed by atoms with E-state index in [4.69, 9.17) is 16.3 Å². The molecule has 2 amide bonds. The number of ether oxygens (including phenoxy) is 1. The van der Waals surface area contributed by atoms with Gasteiger partial charge in [0.15, 0.2) is 0 Å². The number of aromatic nitrogens is 1. The van der Waals surface area contributed by atoms with Gasteiger partial charge in [0.2, 0.25) is 11.8 Å². The van der Waals surface area contributed by atoms with Crippen molar-refractivity contribution >= 4 is 39.9 Å². The Balaban J connectivity index is 0.00000186. The van der Waals surface area contributed by atoms with E-state index in [-0.39, 0.29) is 17.9 Å². The van der Waals surface area contributed by atoms with Gasteiger partial charge in [-0.1, -0.05) is 64.8 Å². The number of nitrogens with one attached hydrogen (secondary N) is 2. The van der Waals surface area contributed by atoms with E-state index in [1.54, 1.807) is 24.4 Å². The Kier molecular flexibility index (Phi) is 9.93. The molecular weight excluding hydrogens is 486 g/mol. The van der Waals surface area contributed by atoms with Crippen LogP contribution in [0, 0.1) is 5.41 Å². The predicted molar refractivity (Wildman–Crippen MR) is 151 cm³/mol. The predicted octanol–water partition coefficient (Wildman–Crippen LogP) is 7.54. The molecule has 0 atom stereocenters. The van der Waals surface area contributed by atoms with Crippen LogP contribution >= 0.6 is 11.6 Å². The minimum Gasteiger partial charge on any atom is -0.474 e. The molecule has 1 aliphatic rings. The first-order chi connectivity index (χ1) is 17.7. The van der Waals surface area contributed by atoms with Crippen LogP contribution in [0.25, 0.3) is 10.8 Å². The molecule has 0 saturated heterocycles. The van der Waals surface area contributed by atoms with Crippen LogP contribution in [0.3, 0.4) is 0 Å². The van der Waals surface area contributed by atoms with Crippen LogP contribution in [0.1, 0.15) is 82.6 Å². The number of carbonyl (C=O) groups excluding carboxylic acids is 2. The molecule has 1 aliphatic carbocycles. The number of hydrogen-bond acceptors (Lipinski definition) is 4. The smallest absolute Gasteiger partial charge is 0.257 e. The highest BCUT2D eigenvalue weighted by Gasteiger charge is 2.21. The Morgan fingerprint density at radius 2 is 1.76 bits per heavy atom. The summed E-state index contributed by atoms with van der Waals surface area (Å²) in [4.78, 5) is 29.9. The van der Waals surface area contributed by atoms with Crippen molar-refractivity contribution in [3.63, 3.8) is 0 Å². The SMILES string of the molecule is CC.CC(C)(C)C(=O)NCc1ccc(Cl)c(C(=O)Nc2cccc3c(OC4CCCCC4)nccc23)c1. The lowest BCUT2D eigenvalue weighted by atomic mass is 9.95. The minimum absolute atomic E-state index is 0.0610. The van der Waals surface area contributed by atoms with Crippen LogP contribution in [0.2, 0.25) is 5.02 Å². The van der Waals surface area contributed by atoms with Gasteiger partial charge in [0.1, 0.15) is 6.10 Å². The Morgan fingerprint density at radius 1 is 1.03 bits per heavy atom. The summed E-state index contributed by atoms with van der Waals surface area (Å²) in [7, 11) is 0. The van der Waals surface area contributed by atoms with E-state index < -0.39 is 5.41 Å². The Morgan fingerprint density at radius 3 is 2.46 bits per heavy atom. The van der Waals surface area contributed by atoms with Gasteiger partial charge in [-0.05, 0) is 61.6 Å². The molecule has 0 bridgehead atoms. The van der Waals surface area contributed by atoms with Crippen molar-refractivity contribution in [2.45, 2.75) is 79.4 Å². The average molecular weight is 524 g/mol. The van der Waals surface area contributed by atoms with E-state index in [1.165, 1.54) is 19.3 Å². The van der Waals surface area contributed by atoms with Crippen molar-refractivity contribution in [3.8, 4) is 5.88 Å². The summed E-state index contributed by atoms with van der Waals surface area (Å²) < 4.78 is 6.24. The second-order valence-electron chi connectivity index (χ2n) is 10.1. The Hall–Kier alpha value is -3.12. The molecule has 198 valence electrons. The molecule has 6 nitrogen and oxygen atoms in total. The summed E-state index contributed by atoms with van der Waals surface area (Å²) in [6, 6.07) is 12.8. The van der Waals surface area contributed by atoms with E-state index in [1.807, 2.05) is 58.9 Å². The standard InChI is InChI=1S/C28H32ClN3O3.C2H6/c1-28(2,3)27(34)31-17-18-12-13-23(29)22(16-18)25(33)32-24-11-7-10-21-20(24)14-15-30-26(21)35-19-8-5-4-6-9-19;1-2/h7,10-16,19H,4-6,8-9,17H2,1-3H3,(H,31,34)(H,32,33);1-2H3. The van der Waals surface area contributed by atoms with Crippen molar-refractivity contribution in [1.82, 2.24) is 10.3 Å². The fourth-order valence-electron chi connectivity index (χ4n) is 4.22. The number of hydrogen-bond donors (Lipinski definition) is 2. The van der Waals surface area contributed by atoms with Gasteiger partial charge in [-0.2, -0.15) is 0 Å². The third-order valence-electron chi connectivity index (χ3n) is 6.26. The van der Waals surface area contributed by atoms with Crippen LogP contribution in [0.4, 0.5) is 5.69 Å². The van der Waals surface area contributed by atoms with Gasteiger partial charge in [-0.3, -0.25) is 9.59 Å². The molecule has 1 heterocycles. The minimum atomic E-state index is -0.491. The third kappa shape index (κ3) is 7.45. The lowest BCUT2D eigenvalue weighted by Crippen LogP contribution is -2.34. The van der Waals surface area contributed by atoms with E-state index in [0.717, 1.165) is 29.2 Å². The van der Waals surface area contributed by atoms with Gasteiger partial charge < -0.3 is 15.4 Å². The summed E-state index contributed by atoms with van der Waals surface area (Å²) >= 11 is 6.37. The zero-order chi connectivity index (χ0) is 27.0. The van der Waals surface area contributed by atoms with Crippen LogP contribution in [-0.2, 0) is 11.3 Å². The number of halogens is 1. The molecule has 0 aliphatic heterocycles. The Labute approximate surface area is 225 Å². The summed E-state index contributed by atoms with van der Waals surface area (Å²) in [5.74, 6) is 0.215. The highest BCUT2D eigenvalue weighted by molar-refractivity contribution is 6.34. The topological polar surface area (TPSA) is 80.3 Å². The van der Waals surface area contributed by atoms with Crippen molar-refractivity contribution in [2.24, 2.45) is 5.41 Å². The van der Waals surface area contributed by atoms with Crippen LogP contribution < -0.4 is 15.4 Å². The van der Waals surface area contributed by atoms with E-state index >= 15 is 0 Å². The first-order valence-corrected chi connectivity index (χ1v) is 13.5. The Bertz CT molecular complexity index is 1230. The molecule has 0 spiro atoms. The van der Waals surface area contributed by atoms with E-state index in [0.29, 0.717) is 28.7 Å². The second-order valence-corrected chi connectivity index (χ2v) is 10.5. The number of carbonyl (C=O) groups is 2. The summed E-state index contributed by atoms with van der Waals surface area (Å²) in [5, 5.41) is 7.96. The number of pyridine rings is 1. The molecule has 7 heteroatoms. The highest BCUT2D eigenvalue weighted by Crippen LogP contribution is 2.32. The first-order valence-electron chi connectivity index (χ1n) is 13.1. The maximum atomic E-state index is 13.2. The first kappa shape index (κ1) is 28.5. The molecule has 3 aromatic rings. The summed E-state index contributed by atoms with van der Waals surface area (Å²) in [6.07, 6.45) is 7.58. The van der Waals surface area contributed by atoms with E-state index in [2.05, 4.69) is 15.6 Å². The number of benzene rings is 2. The second kappa shape index (κ2) is 12.9. The number of rotatable bonds is 6. The van der Waals surface area contributed by atoms with Gasteiger partial charge >= 0.3 is 0 Å². The van der Waals surface area contributed by atoms with Gasteiger partial charge in [0, 0.05) is 34.6 Å². The van der Waals surface area contributed by atoms with Gasteiger partial charge in [0.25, 0.3) is 5.91 Å². The quantitative estimate of drug-likeness (QED) is 0.349. The van der Waals surface area contributed by atoms with Gasteiger partial charge in [-0.15, -0.1) is 0 Å². The molecule has 2 N–H and O–H groups in total. The molecule has 37 heavy (non-hydrogen) atoms. The molecule has 0 unspecified atom stereocenters. The molecular formula is C30H38ClN3O3. The lowest BCUT2D eigenvalue weighted by Gasteiger charge is -2.23. The third-order valence-corrected chi connectivity index (χ3v) is 6.59. The molecule has 4 rings (SSSR count). The monoisotopic (exact) mass is 523 g/mol. The normalized spacial score (nSPS) is 13.9. The fraction of sp³-hybridized carbons (Fsp3) is 0.433. The number of nitrogens with zero attached hydrogens (tertiary/aromatic N) is 1. The highest BCUT2D eigenvalue weighted by atomic mass is 35.5. The van der Waals surface area contributed by atoms with E-state index in [9.17, 15) is 9.59 Å². The zero-order valence-corrected chi connectivity index (χ0v) is 23.2. The molecule has 1 saturated carbocycles. The van der Waals surface area contributed by atoms with Crippen LogP contribution in [0.5, 0.6) is 5.88 Å². The zero-order valence-electron chi connectivity index (χ0n) is 22.5. The van der Waals surface area contributed by atoms with Crippen molar-refractivity contribution in [2.75, 3.05) is 5.32 Å². The number of fused-ring (bicyclic) bond motifs is 1. The molecule has 1 aromatic heterocycles.